The minimum atomic E-state index is 0.774. The molecule has 0 atom stereocenters. The molecule has 2 aromatic rings. The van der Waals surface area contributed by atoms with Gasteiger partial charge in [-0.05, 0) is 37.7 Å². The molecule has 0 saturated heterocycles. The second kappa shape index (κ2) is 4.16. The molecular weight excluding hydrogens is 222 g/mol. The first-order valence-corrected chi connectivity index (χ1v) is 6.53. The molecular formula is C15H19N3. The summed E-state index contributed by atoms with van der Waals surface area (Å²) >= 11 is 0. The summed E-state index contributed by atoms with van der Waals surface area (Å²) in [5, 5.41) is 4.59. The summed E-state index contributed by atoms with van der Waals surface area (Å²) in [5.74, 6) is 1.60. The largest absolute Gasteiger partial charge is 0.383 e. The van der Waals surface area contributed by atoms with E-state index < -0.39 is 0 Å². The summed E-state index contributed by atoms with van der Waals surface area (Å²) in [4.78, 5) is 0. The van der Waals surface area contributed by atoms with Crippen LogP contribution in [0.2, 0.25) is 0 Å². The standard InChI is InChI=1S/C15H19N3/c1-10-4-3-5-12(8-10)14-13(9-11-6-7-11)17-18(2)15(14)16/h3-5,8,11H,6-7,9,16H2,1-2H3. The highest BCUT2D eigenvalue weighted by Gasteiger charge is 2.26. The maximum atomic E-state index is 6.18. The van der Waals surface area contributed by atoms with Crippen LogP contribution in [0.4, 0.5) is 5.82 Å². The van der Waals surface area contributed by atoms with Crippen molar-refractivity contribution < 1.29 is 0 Å². The fraction of sp³-hybridized carbons (Fsp3) is 0.400. The number of aromatic nitrogens is 2. The fourth-order valence-corrected chi connectivity index (χ4v) is 2.45. The van der Waals surface area contributed by atoms with E-state index in [1.807, 2.05) is 7.05 Å². The van der Waals surface area contributed by atoms with Gasteiger partial charge in [0, 0.05) is 12.6 Å². The topological polar surface area (TPSA) is 43.8 Å². The lowest BCUT2D eigenvalue weighted by Gasteiger charge is -2.05. The molecule has 3 rings (SSSR count). The molecule has 1 fully saturated rings. The zero-order valence-electron chi connectivity index (χ0n) is 11.0. The van der Waals surface area contributed by atoms with E-state index >= 15 is 0 Å². The van der Waals surface area contributed by atoms with Crippen LogP contribution in [0.5, 0.6) is 0 Å². The van der Waals surface area contributed by atoms with E-state index in [2.05, 4.69) is 36.3 Å². The lowest BCUT2D eigenvalue weighted by atomic mass is 10.0. The van der Waals surface area contributed by atoms with Gasteiger partial charge in [-0.25, -0.2) is 0 Å². The van der Waals surface area contributed by atoms with Crippen molar-refractivity contribution in [3.05, 3.63) is 35.5 Å². The fourth-order valence-electron chi connectivity index (χ4n) is 2.45. The highest BCUT2D eigenvalue weighted by Crippen LogP contribution is 2.37. The van der Waals surface area contributed by atoms with Crippen LogP contribution in [-0.4, -0.2) is 9.78 Å². The quantitative estimate of drug-likeness (QED) is 0.898. The zero-order chi connectivity index (χ0) is 12.7. The minimum Gasteiger partial charge on any atom is -0.383 e. The van der Waals surface area contributed by atoms with Crippen molar-refractivity contribution in [2.45, 2.75) is 26.2 Å². The highest BCUT2D eigenvalue weighted by molar-refractivity contribution is 5.77. The van der Waals surface area contributed by atoms with Gasteiger partial charge in [-0.3, -0.25) is 4.68 Å². The molecule has 0 spiro atoms. The van der Waals surface area contributed by atoms with E-state index in [9.17, 15) is 0 Å². The Morgan fingerprint density at radius 2 is 2.17 bits per heavy atom. The molecule has 0 bridgehead atoms. The molecule has 18 heavy (non-hydrogen) atoms. The lowest BCUT2D eigenvalue weighted by Crippen LogP contribution is -1.98. The SMILES string of the molecule is Cc1cccc(-c2c(CC3CC3)nn(C)c2N)c1. The van der Waals surface area contributed by atoms with Crippen molar-refractivity contribution in [3.63, 3.8) is 0 Å². The number of nitrogens with two attached hydrogens (primary N) is 1. The molecule has 1 aliphatic carbocycles. The van der Waals surface area contributed by atoms with E-state index in [0.717, 1.165) is 29.4 Å². The van der Waals surface area contributed by atoms with Gasteiger partial charge >= 0.3 is 0 Å². The third kappa shape index (κ3) is 2.01. The van der Waals surface area contributed by atoms with Gasteiger partial charge in [-0.2, -0.15) is 5.10 Å². The van der Waals surface area contributed by atoms with Crippen LogP contribution in [0.3, 0.4) is 0 Å². The average Bonchev–Trinajstić information content (AvgIpc) is 3.08. The van der Waals surface area contributed by atoms with Crippen molar-refractivity contribution in [3.8, 4) is 11.1 Å². The van der Waals surface area contributed by atoms with Gasteiger partial charge in [0.1, 0.15) is 5.82 Å². The van der Waals surface area contributed by atoms with Crippen molar-refractivity contribution in [1.29, 1.82) is 0 Å². The number of nitrogen functional groups attached to an aromatic ring is 1. The number of benzene rings is 1. The number of hydrogen-bond donors (Lipinski definition) is 1. The van der Waals surface area contributed by atoms with E-state index in [1.54, 1.807) is 4.68 Å². The number of rotatable bonds is 3. The Hall–Kier alpha value is -1.77. The Bertz CT molecular complexity index is 579. The third-order valence-electron chi connectivity index (χ3n) is 3.65. The van der Waals surface area contributed by atoms with Crippen LogP contribution in [0.15, 0.2) is 24.3 Å². The predicted octanol–water partition coefficient (Wildman–Crippen LogP) is 2.93. The number of nitrogens with zero attached hydrogens (tertiary/aromatic N) is 2. The molecule has 94 valence electrons. The summed E-state index contributed by atoms with van der Waals surface area (Å²) < 4.78 is 1.80. The summed E-state index contributed by atoms with van der Waals surface area (Å²) in [7, 11) is 1.92. The van der Waals surface area contributed by atoms with Gasteiger partial charge in [0.15, 0.2) is 0 Å². The second-order valence-electron chi connectivity index (χ2n) is 5.35. The van der Waals surface area contributed by atoms with Crippen LogP contribution in [0.25, 0.3) is 11.1 Å². The van der Waals surface area contributed by atoms with Crippen LogP contribution in [0.1, 0.15) is 24.1 Å². The van der Waals surface area contributed by atoms with Crippen LogP contribution >= 0.6 is 0 Å². The summed E-state index contributed by atoms with van der Waals surface area (Å²) in [6.07, 6.45) is 3.74. The first kappa shape index (κ1) is 11.3. The Morgan fingerprint density at radius 3 is 2.83 bits per heavy atom. The van der Waals surface area contributed by atoms with Gasteiger partial charge in [0.05, 0.1) is 5.69 Å². The highest BCUT2D eigenvalue weighted by atomic mass is 15.3. The first-order valence-electron chi connectivity index (χ1n) is 6.53. The predicted molar refractivity (Wildman–Crippen MR) is 74.2 cm³/mol. The normalized spacial score (nSPS) is 15.0. The van der Waals surface area contributed by atoms with Gasteiger partial charge in [0.25, 0.3) is 0 Å². The Balaban J connectivity index is 2.08. The number of aryl methyl sites for hydroxylation is 2. The Kier molecular flexibility index (Phi) is 2.62. The second-order valence-corrected chi connectivity index (χ2v) is 5.35. The van der Waals surface area contributed by atoms with E-state index in [4.69, 9.17) is 5.73 Å². The minimum absolute atomic E-state index is 0.774. The number of hydrogen-bond acceptors (Lipinski definition) is 2. The third-order valence-corrected chi connectivity index (χ3v) is 3.65. The molecule has 0 aliphatic heterocycles. The average molecular weight is 241 g/mol. The van der Waals surface area contributed by atoms with Crippen molar-refractivity contribution in [2.75, 3.05) is 5.73 Å². The van der Waals surface area contributed by atoms with Gasteiger partial charge in [-0.1, -0.05) is 29.8 Å². The van der Waals surface area contributed by atoms with Crippen molar-refractivity contribution >= 4 is 5.82 Å². The van der Waals surface area contributed by atoms with E-state index in [1.165, 1.54) is 24.0 Å². The van der Waals surface area contributed by atoms with Crippen LogP contribution < -0.4 is 5.73 Å². The summed E-state index contributed by atoms with van der Waals surface area (Å²) in [6, 6.07) is 8.50. The summed E-state index contributed by atoms with van der Waals surface area (Å²) in [5.41, 5.74) is 10.9. The van der Waals surface area contributed by atoms with Crippen molar-refractivity contribution in [1.82, 2.24) is 9.78 Å². The lowest BCUT2D eigenvalue weighted by molar-refractivity contribution is 0.722. The zero-order valence-corrected chi connectivity index (χ0v) is 11.0. The number of anilines is 1. The molecule has 3 heteroatoms. The molecule has 0 unspecified atom stereocenters. The monoisotopic (exact) mass is 241 g/mol. The maximum Gasteiger partial charge on any atom is 0.129 e. The molecule has 2 N–H and O–H groups in total. The smallest absolute Gasteiger partial charge is 0.129 e. The van der Waals surface area contributed by atoms with Crippen LogP contribution in [0, 0.1) is 12.8 Å². The van der Waals surface area contributed by atoms with Gasteiger partial charge in [0.2, 0.25) is 0 Å². The van der Waals surface area contributed by atoms with Crippen LogP contribution in [-0.2, 0) is 13.5 Å². The molecule has 1 saturated carbocycles. The first-order chi connectivity index (χ1) is 8.65. The van der Waals surface area contributed by atoms with E-state index in [-0.39, 0.29) is 0 Å². The molecule has 1 aliphatic rings. The molecule has 0 amide bonds. The molecule has 3 nitrogen and oxygen atoms in total. The van der Waals surface area contributed by atoms with Crippen molar-refractivity contribution in [2.24, 2.45) is 13.0 Å². The molecule has 0 radical (unpaired) electrons. The maximum absolute atomic E-state index is 6.18. The Labute approximate surface area is 108 Å². The molecule has 1 aromatic heterocycles. The summed E-state index contributed by atoms with van der Waals surface area (Å²) in [6.45, 7) is 2.11. The van der Waals surface area contributed by atoms with Gasteiger partial charge in [-0.15, -0.1) is 0 Å². The molecule has 1 aromatic carbocycles. The van der Waals surface area contributed by atoms with Gasteiger partial charge < -0.3 is 5.73 Å². The molecule has 1 heterocycles. The van der Waals surface area contributed by atoms with E-state index in [0.29, 0.717) is 0 Å². The Morgan fingerprint density at radius 1 is 1.39 bits per heavy atom.